The number of pyridine rings is 1. The average molecular weight is 399 g/mol. The van der Waals surface area contributed by atoms with Gasteiger partial charge in [0.05, 0.1) is 29.0 Å². The Hall–Kier alpha value is -2.74. The van der Waals surface area contributed by atoms with Crippen LogP contribution in [0.4, 0.5) is 5.82 Å². The highest BCUT2D eigenvalue weighted by molar-refractivity contribution is 7.09. The number of carbonyl (C=O) groups is 1. The van der Waals surface area contributed by atoms with Gasteiger partial charge in [-0.3, -0.25) is 9.48 Å². The largest absolute Gasteiger partial charge is 0.384 e. The predicted octanol–water partition coefficient (Wildman–Crippen LogP) is 3.21. The first kappa shape index (κ1) is 20.0. The van der Waals surface area contributed by atoms with E-state index in [1.807, 2.05) is 25.3 Å². The Morgan fingerprint density at radius 2 is 2.04 bits per heavy atom. The molecule has 0 fully saturated rings. The number of rotatable bonds is 5. The Labute approximate surface area is 169 Å². The molecule has 148 valence electrons. The molecule has 3 heterocycles. The summed E-state index contributed by atoms with van der Waals surface area (Å²) in [6, 6.07) is 1.81. The van der Waals surface area contributed by atoms with Gasteiger partial charge >= 0.3 is 0 Å². The Morgan fingerprint density at radius 3 is 2.68 bits per heavy atom. The fraction of sp³-hybridized carbons (Fsp3) is 0.400. The summed E-state index contributed by atoms with van der Waals surface area (Å²) in [6.45, 7) is 11.2. The van der Waals surface area contributed by atoms with Gasteiger partial charge in [0.15, 0.2) is 0 Å². The van der Waals surface area contributed by atoms with Crippen LogP contribution in [-0.2, 0) is 18.5 Å². The molecule has 3 N–H and O–H groups in total. The summed E-state index contributed by atoms with van der Waals surface area (Å²) >= 11 is 1.65. The molecule has 0 saturated carbocycles. The number of nitrogens with one attached hydrogen (secondary N) is 1. The lowest BCUT2D eigenvalue weighted by Gasteiger charge is -2.13. The van der Waals surface area contributed by atoms with E-state index in [4.69, 9.17) is 5.73 Å². The molecule has 0 radical (unpaired) electrons. The smallest absolute Gasteiger partial charge is 0.254 e. The monoisotopic (exact) mass is 398 g/mol. The lowest BCUT2D eigenvalue weighted by Crippen LogP contribution is -2.23. The van der Waals surface area contributed by atoms with Gasteiger partial charge in [-0.05, 0) is 31.0 Å². The lowest BCUT2D eigenvalue weighted by atomic mass is 9.98. The van der Waals surface area contributed by atoms with Crippen LogP contribution in [0.15, 0.2) is 23.8 Å². The van der Waals surface area contributed by atoms with Crippen LogP contribution in [0.5, 0.6) is 0 Å². The molecule has 0 atom stereocenters. The highest BCUT2D eigenvalue weighted by Gasteiger charge is 2.18. The van der Waals surface area contributed by atoms with E-state index in [2.05, 4.69) is 41.2 Å². The SMILES string of the molecule is Cc1cc(N)nc(C)c1CNC(=O)c1cnn(Cc2csc(C(C)(C)C)n2)c1. The minimum atomic E-state index is -0.171. The van der Waals surface area contributed by atoms with Crippen molar-refractivity contribution in [3.05, 3.63) is 56.9 Å². The number of aromatic nitrogens is 4. The van der Waals surface area contributed by atoms with Crippen LogP contribution in [0.1, 0.15) is 58.7 Å². The number of amides is 1. The molecule has 0 spiro atoms. The van der Waals surface area contributed by atoms with Crippen molar-refractivity contribution < 1.29 is 4.79 Å². The van der Waals surface area contributed by atoms with Crippen LogP contribution >= 0.6 is 11.3 Å². The van der Waals surface area contributed by atoms with Gasteiger partial charge in [-0.15, -0.1) is 11.3 Å². The van der Waals surface area contributed by atoms with Crippen LogP contribution in [0.25, 0.3) is 0 Å². The quantitative estimate of drug-likeness (QED) is 0.688. The number of carbonyl (C=O) groups excluding carboxylic acids is 1. The van der Waals surface area contributed by atoms with Crippen molar-refractivity contribution in [2.24, 2.45) is 0 Å². The summed E-state index contributed by atoms with van der Waals surface area (Å²) < 4.78 is 1.73. The summed E-state index contributed by atoms with van der Waals surface area (Å²) in [5, 5.41) is 10.4. The van der Waals surface area contributed by atoms with Crippen LogP contribution in [0, 0.1) is 13.8 Å². The van der Waals surface area contributed by atoms with Crippen molar-refractivity contribution in [1.29, 1.82) is 0 Å². The number of nitrogens with zero attached hydrogens (tertiary/aromatic N) is 4. The molecule has 28 heavy (non-hydrogen) atoms. The number of aryl methyl sites for hydroxylation is 2. The third-order valence-electron chi connectivity index (χ3n) is 4.41. The predicted molar refractivity (Wildman–Crippen MR) is 111 cm³/mol. The molecule has 0 saturated heterocycles. The van der Waals surface area contributed by atoms with Crippen molar-refractivity contribution in [1.82, 2.24) is 25.1 Å². The van der Waals surface area contributed by atoms with Gasteiger partial charge in [-0.25, -0.2) is 9.97 Å². The lowest BCUT2D eigenvalue weighted by molar-refractivity contribution is 0.0950. The molecular weight excluding hydrogens is 372 g/mol. The van der Waals surface area contributed by atoms with E-state index >= 15 is 0 Å². The minimum absolute atomic E-state index is 0.0330. The fourth-order valence-corrected chi connectivity index (χ4v) is 3.78. The van der Waals surface area contributed by atoms with Crippen molar-refractivity contribution in [2.45, 2.75) is 53.1 Å². The van der Waals surface area contributed by atoms with Gasteiger partial charge in [0.25, 0.3) is 5.91 Å². The Balaban J connectivity index is 1.64. The summed E-state index contributed by atoms with van der Waals surface area (Å²) in [5.74, 6) is 0.318. The molecule has 3 aromatic rings. The molecule has 0 aliphatic heterocycles. The topological polar surface area (TPSA) is 98.7 Å². The molecule has 0 unspecified atom stereocenters. The van der Waals surface area contributed by atoms with Crippen molar-refractivity contribution in [2.75, 3.05) is 5.73 Å². The summed E-state index contributed by atoms with van der Waals surface area (Å²) in [6.07, 6.45) is 3.32. The highest BCUT2D eigenvalue weighted by Crippen LogP contribution is 2.25. The maximum absolute atomic E-state index is 12.5. The molecule has 1 amide bonds. The number of anilines is 1. The van der Waals surface area contributed by atoms with Crippen LogP contribution in [0.3, 0.4) is 0 Å². The van der Waals surface area contributed by atoms with Crippen LogP contribution in [0.2, 0.25) is 0 Å². The summed E-state index contributed by atoms with van der Waals surface area (Å²) in [4.78, 5) is 21.4. The zero-order valence-electron chi connectivity index (χ0n) is 16.9. The molecule has 7 nitrogen and oxygen atoms in total. The van der Waals surface area contributed by atoms with Crippen LogP contribution < -0.4 is 11.1 Å². The number of nitrogens with two attached hydrogens (primary N) is 1. The second-order valence-electron chi connectivity index (χ2n) is 7.93. The second-order valence-corrected chi connectivity index (χ2v) is 8.79. The van der Waals surface area contributed by atoms with Gasteiger partial charge in [-0.2, -0.15) is 5.10 Å². The van der Waals surface area contributed by atoms with Gasteiger partial charge in [0.1, 0.15) is 5.82 Å². The number of hydrogen-bond acceptors (Lipinski definition) is 6. The maximum Gasteiger partial charge on any atom is 0.254 e. The van der Waals surface area contributed by atoms with Gasteiger partial charge < -0.3 is 11.1 Å². The van der Waals surface area contributed by atoms with E-state index in [1.165, 1.54) is 0 Å². The minimum Gasteiger partial charge on any atom is -0.384 e. The first-order valence-electron chi connectivity index (χ1n) is 9.11. The third-order valence-corrected chi connectivity index (χ3v) is 5.73. The van der Waals surface area contributed by atoms with Crippen molar-refractivity contribution in [3.8, 4) is 0 Å². The molecule has 8 heteroatoms. The highest BCUT2D eigenvalue weighted by atomic mass is 32.1. The molecule has 3 rings (SSSR count). The zero-order chi connectivity index (χ0) is 20.5. The number of nitrogen functional groups attached to an aromatic ring is 1. The van der Waals surface area contributed by atoms with E-state index in [1.54, 1.807) is 28.4 Å². The summed E-state index contributed by atoms with van der Waals surface area (Å²) in [7, 11) is 0. The molecule has 0 bridgehead atoms. The standard InChI is InChI=1S/C20H26N6OS/c1-12-6-17(21)24-13(2)16(12)8-22-18(27)14-7-23-26(9-14)10-15-11-28-19(25-15)20(3,4)5/h6-7,9,11H,8,10H2,1-5H3,(H2,21,24)(H,22,27). The molecule has 0 aliphatic rings. The van der Waals surface area contributed by atoms with Gasteiger partial charge in [0, 0.05) is 29.2 Å². The molecule has 0 aliphatic carbocycles. The maximum atomic E-state index is 12.5. The number of thiazole rings is 1. The average Bonchev–Trinajstić information content (AvgIpc) is 3.23. The first-order chi connectivity index (χ1) is 13.1. The zero-order valence-corrected chi connectivity index (χ0v) is 17.7. The second kappa shape index (κ2) is 7.71. The molecule has 3 aromatic heterocycles. The van der Waals surface area contributed by atoms with Crippen LogP contribution in [-0.4, -0.2) is 25.7 Å². The summed E-state index contributed by atoms with van der Waals surface area (Å²) in [5.41, 5.74) is 10.1. The Morgan fingerprint density at radius 1 is 1.29 bits per heavy atom. The Kier molecular flexibility index (Phi) is 5.51. The van der Waals surface area contributed by atoms with E-state index in [0.717, 1.165) is 27.5 Å². The normalized spacial score (nSPS) is 11.6. The first-order valence-corrected chi connectivity index (χ1v) is 9.99. The van der Waals surface area contributed by atoms with E-state index in [9.17, 15) is 4.79 Å². The van der Waals surface area contributed by atoms with Crippen molar-refractivity contribution >= 4 is 23.1 Å². The molecular formula is C20H26N6OS. The van der Waals surface area contributed by atoms with E-state index in [-0.39, 0.29) is 11.3 Å². The van der Waals surface area contributed by atoms with Crippen molar-refractivity contribution in [3.63, 3.8) is 0 Å². The van der Waals surface area contributed by atoms with E-state index in [0.29, 0.717) is 24.5 Å². The van der Waals surface area contributed by atoms with Gasteiger partial charge in [-0.1, -0.05) is 20.8 Å². The molecule has 0 aromatic carbocycles. The third kappa shape index (κ3) is 4.56. The van der Waals surface area contributed by atoms with Gasteiger partial charge in [0.2, 0.25) is 0 Å². The van der Waals surface area contributed by atoms with E-state index < -0.39 is 0 Å². The number of hydrogen-bond donors (Lipinski definition) is 2. The Bertz CT molecular complexity index is 975. The fourth-order valence-electron chi connectivity index (χ4n) is 2.88.